The molecule has 0 radical (unpaired) electrons. The van der Waals surface area contributed by atoms with Crippen molar-refractivity contribution in [3.63, 3.8) is 0 Å². The van der Waals surface area contributed by atoms with Gasteiger partial charge in [-0.25, -0.2) is 0 Å². The SMILES string of the molecule is CC(C)N(Cc1ccc(C2=NCNC2)cc1)C(C)C. The summed E-state index contributed by atoms with van der Waals surface area (Å²) >= 11 is 0. The Morgan fingerprint density at radius 3 is 2.21 bits per heavy atom. The third kappa shape index (κ3) is 3.64. The van der Waals surface area contributed by atoms with Gasteiger partial charge in [-0.3, -0.25) is 15.2 Å². The summed E-state index contributed by atoms with van der Waals surface area (Å²) in [7, 11) is 0. The lowest BCUT2D eigenvalue weighted by molar-refractivity contribution is 0.166. The van der Waals surface area contributed by atoms with E-state index in [1.54, 1.807) is 0 Å². The summed E-state index contributed by atoms with van der Waals surface area (Å²) in [4.78, 5) is 6.95. The van der Waals surface area contributed by atoms with Crippen LogP contribution in [0.1, 0.15) is 38.8 Å². The van der Waals surface area contributed by atoms with Gasteiger partial charge in [-0.15, -0.1) is 0 Å². The van der Waals surface area contributed by atoms with Crippen molar-refractivity contribution < 1.29 is 0 Å². The van der Waals surface area contributed by atoms with E-state index in [9.17, 15) is 0 Å². The Morgan fingerprint density at radius 1 is 1.11 bits per heavy atom. The zero-order chi connectivity index (χ0) is 13.8. The van der Waals surface area contributed by atoms with E-state index in [0.29, 0.717) is 12.1 Å². The van der Waals surface area contributed by atoms with Crippen molar-refractivity contribution in [3.8, 4) is 0 Å². The Kier molecular flexibility index (Phi) is 4.72. The molecule has 0 fully saturated rings. The molecule has 1 aliphatic rings. The molecule has 0 saturated carbocycles. The zero-order valence-electron chi connectivity index (χ0n) is 12.5. The number of nitrogens with zero attached hydrogens (tertiary/aromatic N) is 2. The van der Waals surface area contributed by atoms with Crippen LogP contribution in [-0.4, -0.2) is 35.9 Å². The van der Waals surface area contributed by atoms with Gasteiger partial charge in [-0.2, -0.15) is 0 Å². The minimum absolute atomic E-state index is 0.572. The summed E-state index contributed by atoms with van der Waals surface area (Å²) in [6, 6.07) is 9.99. The molecule has 1 heterocycles. The molecule has 104 valence electrons. The van der Waals surface area contributed by atoms with E-state index in [-0.39, 0.29) is 0 Å². The van der Waals surface area contributed by atoms with Crippen LogP contribution in [0, 0.1) is 0 Å². The number of hydrogen-bond donors (Lipinski definition) is 1. The van der Waals surface area contributed by atoms with Crippen molar-refractivity contribution in [2.24, 2.45) is 4.99 Å². The van der Waals surface area contributed by atoms with Gasteiger partial charge in [-0.05, 0) is 38.8 Å². The Morgan fingerprint density at radius 2 is 1.74 bits per heavy atom. The molecule has 0 aromatic heterocycles. The van der Waals surface area contributed by atoms with Gasteiger partial charge < -0.3 is 0 Å². The summed E-state index contributed by atoms with van der Waals surface area (Å²) in [6.45, 7) is 11.7. The summed E-state index contributed by atoms with van der Waals surface area (Å²) in [5.74, 6) is 0. The summed E-state index contributed by atoms with van der Waals surface area (Å²) in [5.41, 5.74) is 3.79. The predicted octanol–water partition coefficient (Wildman–Crippen LogP) is 2.66. The van der Waals surface area contributed by atoms with Crippen LogP contribution in [0.2, 0.25) is 0 Å². The van der Waals surface area contributed by atoms with Gasteiger partial charge in [0.15, 0.2) is 0 Å². The maximum absolute atomic E-state index is 4.45. The fraction of sp³-hybridized carbons (Fsp3) is 0.562. The van der Waals surface area contributed by atoms with E-state index < -0.39 is 0 Å². The van der Waals surface area contributed by atoms with Crippen molar-refractivity contribution in [1.29, 1.82) is 0 Å². The quantitative estimate of drug-likeness (QED) is 0.880. The first-order chi connectivity index (χ1) is 9.08. The first kappa shape index (κ1) is 14.2. The molecule has 0 atom stereocenters. The van der Waals surface area contributed by atoms with Crippen LogP contribution in [0.15, 0.2) is 29.3 Å². The van der Waals surface area contributed by atoms with Crippen LogP contribution in [-0.2, 0) is 6.54 Å². The van der Waals surface area contributed by atoms with E-state index in [2.05, 4.69) is 67.2 Å². The van der Waals surface area contributed by atoms with Crippen molar-refractivity contribution in [2.45, 2.75) is 46.3 Å². The molecule has 0 saturated heterocycles. The lowest BCUT2D eigenvalue weighted by Gasteiger charge is -2.30. The zero-order valence-corrected chi connectivity index (χ0v) is 12.5. The Balaban J connectivity index is 2.05. The lowest BCUT2D eigenvalue weighted by atomic mass is 10.1. The van der Waals surface area contributed by atoms with Crippen molar-refractivity contribution >= 4 is 5.71 Å². The summed E-state index contributed by atoms with van der Waals surface area (Å²) < 4.78 is 0. The molecule has 1 aromatic rings. The number of benzene rings is 1. The number of nitrogens with one attached hydrogen (secondary N) is 1. The highest BCUT2D eigenvalue weighted by atomic mass is 15.2. The molecule has 0 unspecified atom stereocenters. The molecule has 3 heteroatoms. The maximum atomic E-state index is 4.45. The van der Waals surface area contributed by atoms with Crippen LogP contribution in [0.25, 0.3) is 0 Å². The maximum Gasteiger partial charge on any atom is 0.0891 e. The number of aliphatic imine (C=N–C) groups is 1. The second kappa shape index (κ2) is 6.31. The van der Waals surface area contributed by atoms with Gasteiger partial charge in [0.25, 0.3) is 0 Å². The van der Waals surface area contributed by atoms with Gasteiger partial charge in [0.05, 0.1) is 12.4 Å². The molecule has 19 heavy (non-hydrogen) atoms. The van der Waals surface area contributed by atoms with E-state index in [1.165, 1.54) is 16.8 Å². The van der Waals surface area contributed by atoms with Crippen LogP contribution in [0.4, 0.5) is 0 Å². The fourth-order valence-electron chi connectivity index (χ4n) is 2.55. The molecule has 0 bridgehead atoms. The predicted molar refractivity (Wildman–Crippen MR) is 81.7 cm³/mol. The highest BCUT2D eigenvalue weighted by molar-refractivity contribution is 6.02. The first-order valence-electron chi connectivity index (χ1n) is 7.17. The van der Waals surface area contributed by atoms with Crippen LogP contribution in [0.5, 0.6) is 0 Å². The summed E-state index contributed by atoms with van der Waals surface area (Å²) in [6.07, 6.45) is 0. The molecule has 3 nitrogen and oxygen atoms in total. The van der Waals surface area contributed by atoms with Crippen LogP contribution in [0.3, 0.4) is 0 Å². The minimum atomic E-state index is 0.572. The third-order valence-corrected chi connectivity index (χ3v) is 3.65. The van der Waals surface area contributed by atoms with Gasteiger partial charge in [0.1, 0.15) is 0 Å². The number of rotatable bonds is 5. The number of hydrogen-bond acceptors (Lipinski definition) is 3. The second-order valence-corrected chi connectivity index (χ2v) is 5.75. The smallest absolute Gasteiger partial charge is 0.0891 e. The first-order valence-corrected chi connectivity index (χ1v) is 7.17. The van der Waals surface area contributed by atoms with Gasteiger partial charge >= 0.3 is 0 Å². The molecule has 0 aliphatic carbocycles. The average molecular weight is 259 g/mol. The van der Waals surface area contributed by atoms with Crippen molar-refractivity contribution in [3.05, 3.63) is 35.4 Å². The van der Waals surface area contributed by atoms with Gasteiger partial charge in [-0.1, -0.05) is 24.3 Å². The van der Waals surface area contributed by atoms with Crippen molar-refractivity contribution in [1.82, 2.24) is 10.2 Å². The molecule has 1 aromatic carbocycles. The van der Waals surface area contributed by atoms with E-state index in [1.807, 2.05) is 0 Å². The van der Waals surface area contributed by atoms with Crippen LogP contribution >= 0.6 is 0 Å². The Bertz CT molecular complexity index is 424. The monoisotopic (exact) mass is 259 g/mol. The van der Waals surface area contributed by atoms with Crippen molar-refractivity contribution in [2.75, 3.05) is 13.2 Å². The third-order valence-electron chi connectivity index (χ3n) is 3.65. The topological polar surface area (TPSA) is 27.6 Å². The normalized spacial score (nSPS) is 15.6. The van der Waals surface area contributed by atoms with E-state index in [4.69, 9.17) is 0 Å². The van der Waals surface area contributed by atoms with E-state index >= 15 is 0 Å². The molecule has 2 rings (SSSR count). The second-order valence-electron chi connectivity index (χ2n) is 5.75. The standard InChI is InChI=1S/C16H25N3/c1-12(2)19(13(3)4)10-14-5-7-15(8-6-14)16-9-17-11-18-16/h5-8,12-13,17H,9-11H2,1-4H3. The molecular formula is C16H25N3. The molecule has 1 aliphatic heterocycles. The highest BCUT2D eigenvalue weighted by Crippen LogP contribution is 2.14. The molecular weight excluding hydrogens is 234 g/mol. The van der Waals surface area contributed by atoms with Gasteiger partial charge in [0, 0.05) is 25.2 Å². The Labute approximate surface area is 116 Å². The Hall–Kier alpha value is -1.19. The minimum Gasteiger partial charge on any atom is -0.294 e. The largest absolute Gasteiger partial charge is 0.294 e. The molecule has 0 spiro atoms. The molecule has 0 amide bonds. The fourth-order valence-corrected chi connectivity index (χ4v) is 2.55. The summed E-state index contributed by atoms with van der Waals surface area (Å²) in [5, 5.41) is 3.24. The lowest BCUT2D eigenvalue weighted by Crippen LogP contribution is -2.36. The van der Waals surface area contributed by atoms with Gasteiger partial charge in [0.2, 0.25) is 0 Å². The molecule has 1 N–H and O–H groups in total. The van der Waals surface area contributed by atoms with Crippen LogP contribution < -0.4 is 5.32 Å². The van der Waals surface area contributed by atoms with E-state index in [0.717, 1.165) is 19.8 Å². The highest BCUT2D eigenvalue weighted by Gasteiger charge is 2.14. The average Bonchev–Trinajstić information content (AvgIpc) is 2.89.